The largest absolute Gasteiger partial charge is 0.340 e. The van der Waals surface area contributed by atoms with Crippen LogP contribution in [-0.4, -0.2) is 18.9 Å². The Morgan fingerprint density at radius 1 is 1.15 bits per heavy atom. The summed E-state index contributed by atoms with van der Waals surface area (Å²) in [4.78, 5) is 13.8. The summed E-state index contributed by atoms with van der Waals surface area (Å²) in [6.45, 7) is 4.33. The molecule has 0 fully saturated rings. The molecule has 0 atom stereocenters. The molecule has 0 aliphatic carbocycles. The van der Waals surface area contributed by atoms with E-state index < -0.39 is 0 Å². The summed E-state index contributed by atoms with van der Waals surface area (Å²) in [7, 11) is 0. The van der Waals surface area contributed by atoms with Crippen LogP contribution >= 0.6 is 0 Å². The number of nitrogens with zero attached hydrogens (tertiary/aromatic N) is 1. The third-order valence-corrected chi connectivity index (χ3v) is 3.67. The van der Waals surface area contributed by atoms with Gasteiger partial charge in [0.15, 0.2) is 5.78 Å². The number of carbonyl (C=O) groups is 1. The van der Waals surface area contributed by atoms with E-state index in [1.165, 1.54) is 11.3 Å². The first-order valence-electron chi connectivity index (χ1n) is 6.93. The minimum atomic E-state index is 0.105. The highest BCUT2D eigenvalue weighted by molar-refractivity contribution is 5.95. The minimum absolute atomic E-state index is 0.105. The number of nitrogens with one attached hydrogen (secondary N) is 1. The molecule has 0 spiro atoms. The van der Waals surface area contributed by atoms with Crippen molar-refractivity contribution in [2.24, 2.45) is 0 Å². The fourth-order valence-electron chi connectivity index (χ4n) is 2.62. The number of carbonyl (C=O) groups excluding carboxylic acids is 1. The summed E-state index contributed by atoms with van der Waals surface area (Å²) in [5, 5.41) is 3.43. The summed E-state index contributed by atoms with van der Waals surface area (Å²) in [5.41, 5.74) is 4.35. The van der Waals surface area contributed by atoms with Crippen molar-refractivity contribution >= 4 is 17.2 Å². The van der Waals surface area contributed by atoms with E-state index in [9.17, 15) is 4.79 Å². The highest BCUT2D eigenvalue weighted by atomic mass is 16.1. The van der Waals surface area contributed by atoms with E-state index in [0.29, 0.717) is 0 Å². The zero-order chi connectivity index (χ0) is 13.9. The molecule has 0 saturated heterocycles. The lowest BCUT2D eigenvalue weighted by atomic mass is 10.1. The SMILES string of the molecule is CC(=O)c1cccc(N2CCNCc3ccccc32)c1. The number of ketones is 1. The Bertz CT molecular complexity index is 636. The number of Topliss-reactive ketones (excluding diaryl/α,β-unsaturated/α-hetero) is 1. The number of hydrogen-bond acceptors (Lipinski definition) is 3. The summed E-state index contributed by atoms with van der Waals surface area (Å²) in [6.07, 6.45) is 0. The first kappa shape index (κ1) is 12.9. The maximum Gasteiger partial charge on any atom is 0.159 e. The molecule has 3 rings (SSSR count). The van der Waals surface area contributed by atoms with Crippen molar-refractivity contribution in [3.05, 3.63) is 59.7 Å². The zero-order valence-corrected chi connectivity index (χ0v) is 11.6. The number of para-hydroxylation sites is 1. The highest BCUT2D eigenvalue weighted by Gasteiger charge is 2.16. The molecule has 2 aromatic rings. The van der Waals surface area contributed by atoms with Gasteiger partial charge < -0.3 is 10.2 Å². The maximum absolute atomic E-state index is 11.6. The second kappa shape index (κ2) is 5.47. The number of anilines is 2. The average molecular weight is 266 g/mol. The van der Waals surface area contributed by atoms with Gasteiger partial charge in [-0.15, -0.1) is 0 Å². The fourth-order valence-corrected chi connectivity index (χ4v) is 2.62. The third kappa shape index (κ3) is 2.45. The second-order valence-electron chi connectivity index (χ2n) is 5.06. The molecule has 3 heteroatoms. The molecule has 20 heavy (non-hydrogen) atoms. The van der Waals surface area contributed by atoms with E-state index in [4.69, 9.17) is 0 Å². The van der Waals surface area contributed by atoms with Crippen molar-refractivity contribution in [2.45, 2.75) is 13.5 Å². The zero-order valence-electron chi connectivity index (χ0n) is 11.6. The van der Waals surface area contributed by atoms with Crippen LogP contribution in [0.2, 0.25) is 0 Å². The van der Waals surface area contributed by atoms with E-state index in [1.807, 2.05) is 18.2 Å². The Kier molecular flexibility index (Phi) is 3.52. The molecule has 1 aliphatic heterocycles. The van der Waals surface area contributed by atoms with Crippen molar-refractivity contribution in [2.75, 3.05) is 18.0 Å². The predicted octanol–water partition coefficient (Wildman–Crippen LogP) is 3.13. The Morgan fingerprint density at radius 3 is 2.85 bits per heavy atom. The van der Waals surface area contributed by atoms with Crippen LogP contribution in [0.4, 0.5) is 11.4 Å². The van der Waals surface area contributed by atoms with Gasteiger partial charge in [-0.05, 0) is 30.7 Å². The second-order valence-corrected chi connectivity index (χ2v) is 5.06. The quantitative estimate of drug-likeness (QED) is 0.848. The molecule has 0 aromatic heterocycles. The molecule has 1 aliphatic rings. The van der Waals surface area contributed by atoms with Gasteiger partial charge in [-0.2, -0.15) is 0 Å². The maximum atomic E-state index is 11.6. The summed E-state index contributed by atoms with van der Waals surface area (Å²) >= 11 is 0. The van der Waals surface area contributed by atoms with E-state index in [1.54, 1.807) is 6.92 Å². The molecule has 102 valence electrons. The normalized spacial score (nSPS) is 14.6. The van der Waals surface area contributed by atoms with Crippen molar-refractivity contribution in [3.63, 3.8) is 0 Å². The van der Waals surface area contributed by atoms with Gasteiger partial charge in [0, 0.05) is 36.6 Å². The molecule has 0 radical (unpaired) electrons. The number of hydrogen-bond donors (Lipinski definition) is 1. The van der Waals surface area contributed by atoms with Crippen molar-refractivity contribution in [3.8, 4) is 0 Å². The average Bonchev–Trinajstić information content (AvgIpc) is 2.69. The molecule has 3 nitrogen and oxygen atoms in total. The van der Waals surface area contributed by atoms with Crippen LogP contribution in [-0.2, 0) is 6.54 Å². The van der Waals surface area contributed by atoms with Crippen LogP contribution in [0.1, 0.15) is 22.8 Å². The molecule has 1 N–H and O–H groups in total. The number of fused-ring (bicyclic) bond motifs is 1. The lowest BCUT2D eigenvalue weighted by molar-refractivity contribution is 0.101. The summed E-state index contributed by atoms with van der Waals surface area (Å²) < 4.78 is 0. The summed E-state index contributed by atoms with van der Waals surface area (Å²) in [5.74, 6) is 0.105. The van der Waals surface area contributed by atoms with Gasteiger partial charge in [0.05, 0.1) is 0 Å². The Morgan fingerprint density at radius 2 is 2.00 bits per heavy atom. The summed E-state index contributed by atoms with van der Waals surface area (Å²) in [6, 6.07) is 16.3. The van der Waals surface area contributed by atoms with Gasteiger partial charge in [-0.1, -0.05) is 30.3 Å². The van der Waals surface area contributed by atoms with E-state index >= 15 is 0 Å². The molecular weight excluding hydrogens is 248 g/mol. The topological polar surface area (TPSA) is 32.3 Å². The van der Waals surface area contributed by atoms with Crippen LogP contribution < -0.4 is 10.2 Å². The van der Waals surface area contributed by atoms with Crippen LogP contribution in [0.15, 0.2) is 48.5 Å². The van der Waals surface area contributed by atoms with Crippen molar-refractivity contribution in [1.82, 2.24) is 5.32 Å². The Balaban J connectivity index is 2.05. The lowest BCUT2D eigenvalue weighted by Crippen LogP contribution is -2.24. The smallest absolute Gasteiger partial charge is 0.159 e. The standard InChI is InChI=1S/C17H18N2O/c1-13(20)14-6-4-7-16(11-14)19-10-9-18-12-15-5-2-3-8-17(15)19/h2-8,11,18H,9-10,12H2,1H3. The van der Waals surface area contributed by atoms with E-state index in [2.05, 4.69) is 40.5 Å². The van der Waals surface area contributed by atoms with Crippen molar-refractivity contribution in [1.29, 1.82) is 0 Å². The first-order chi connectivity index (χ1) is 9.75. The third-order valence-electron chi connectivity index (χ3n) is 3.67. The number of rotatable bonds is 2. The molecule has 1 heterocycles. The predicted molar refractivity (Wildman–Crippen MR) is 81.6 cm³/mol. The molecule has 2 aromatic carbocycles. The van der Waals surface area contributed by atoms with Gasteiger partial charge in [-0.3, -0.25) is 4.79 Å². The van der Waals surface area contributed by atoms with Gasteiger partial charge >= 0.3 is 0 Å². The first-order valence-corrected chi connectivity index (χ1v) is 6.93. The molecule has 0 bridgehead atoms. The van der Waals surface area contributed by atoms with Crippen LogP contribution in [0.25, 0.3) is 0 Å². The molecular formula is C17H18N2O. The van der Waals surface area contributed by atoms with Crippen LogP contribution in [0, 0.1) is 0 Å². The number of benzene rings is 2. The molecule has 0 unspecified atom stereocenters. The van der Waals surface area contributed by atoms with Crippen molar-refractivity contribution < 1.29 is 4.79 Å². The Labute approximate surface area is 119 Å². The molecule has 0 amide bonds. The van der Waals surface area contributed by atoms with Crippen LogP contribution in [0.5, 0.6) is 0 Å². The monoisotopic (exact) mass is 266 g/mol. The van der Waals surface area contributed by atoms with Gasteiger partial charge in [0.25, 0.3) is 0 Å². The van der Waals surface area contributed by atoms with Crippen LogP contribution in [0.3, 0.4) is 0 Å². The Hall–Kier alpha value is -2.13. The van der Waals surface area contributed by atoms with Gasteiger partial charge in [-0.25, -0.2) is 0 Å². The van der Waals surface area contributed by atoms with E-state index in [0.717, 1.165) is 30.9 Å². The molecule has 0 saturated carbocycles. The lowest BCUT2D eigenvalue weighted by Gasteiger charge is -2.25. The van der Waals surface area contributed by atoms with Gasteiger partial charge in [0.2, 0.25) is 0 Å². The fraction of sp³-hybridized carbons (Fsp3) is 0.235. The van der Waals surface area contributed by atoms with Gasteiger partial charge in [0.1, 0.15) is 0 Å². The van der Waals surface area contributed by atoms with E-state index in [-0.39, 0.29) is 5.78 Å². The highest BCUT2D eigenvalue weighted by Crippen LogP contribution is 2.30. The minimum Gasteiger partial charge on any atom is -0.340 e.